The molecule has 2 aromatic carbocycles. The molecule has 0 atom stereocenters. The van der Waals surface area contributed by atoms with Gasteiger partial charge in [-0.25, -0.2) is 9.48 Å². The van der Waals surface area contributed by atoms with E-state index >= 15 is 0 Å². The Labute approximate surface area is 248 Å². The molecule has 0 spiro atoms. The molecule has 1 fully saturated rings. The molecule has 42 heavy (non-hydrogen) atoms. The summed E-state index contributed by atoms with van der Waals surface area (Å²) in [5.41, 5.74) is 5.60. The first-order valence-corrected chi connectivity index (χ1v) is 14.7. The van der Waals surface area contributed by atoms with E-state index in [4.69, 9.17) is 5.10 Å². The number of carbonyl (C=O) groups excluding carboxylic acids is 2. The van der Waals surface area contributed by atoms with Crippen molar-refractivity contribution in [3.05, 3.63) is 102 Å². The van der Waals surface area contributed by atoms with E-state index in [2.05, 4.69) is 42.5 Å². The average molecular weight is 565 g/mol. The maximum Gasteiger partial charge on any atom is 0.324 e. The predicted molar refractivity (Wildman–Crippen MR) is 167 cm³/mol. The monoisotopic (exact) mass is 564 g/mol. The molecule has 2 N–H and O–H groups in total. The number of hydrogen-bond donors (Lipinski definition) is 2. The van der Waals surface area contributed by atoms with Gasteiger partial charge in [-0.05, 0) is 67.5 Å². The highest BCUT2D eigenvalue weighted by Gasteiger charge is 2.25. The Bertz CT molecular complexity index is 1510. The van der Waals surface area contributed by atoms with Crippen molar-refractivity contribution in [1.29, 1.82) is 0 Å². The maximum atomic E-state index is 13.3. The number of likely N-dealkylation sites (tertiary alicyclic amines) is 1. The van der Waals surface area contributed by atoms with Crippen molar-refractivity contribution in [2.45, 2.75) is 58.8 Å². The number of aryl methyl sites for hydroxylation is 1. The van der Waals surface area contributed by atoms with Gasteiger partial charge in [0.2, 0.25) is 5.91 Å². The van der Waals surface area contributed by atoms with Crippen LogP contribution in [0.3, 0.4) is 0 Å². The van der Waals surface area contributed by atoms with Crippen LogP contribution in [0.15, 0.2) is 79.1 Å². The van der Waals surface area contributed by atoms with Crippen molar-refractivity contribution in [2.75, 3.05) is 23.7 Å². The maximum absolute atomic E-state index is 13.3. The van der Waals surface area contributed by atoms with Gasteiger partial charge < -0.3 is 10.2 Å². The topological polar surface area (TPSA) is 92.2 Å². The largest absolute Gasteiger partial charge is 0.342 e. The van der Waals surface area contributed by atoms with Crippen LogP contribution in [0.5, 0.6) is 0 Å². The van der Waals surface area contributed by atoms with Gasteiger partial charge >= 0.3 is 6.03 Å². The molecule has 0 radical (unpaired) electrons. The van der Waals surface area contributed by atoms with Crippen LogP contribution in [0.4, 0.5) is 16.3 Å². The Kier molecular flexibility index (Phi) is 8.71. The number of anilines is 2. The van der Waals surface area contributed by atoms with Crippen LogP contribution in [0.1, 0.15) is 56.0 Å². The van der Waals surface area contributed by atoms with Gasteiger partial charge in [-0.2, -0.15) is 5.10 Å². The van der Waals surface area contributed by atoms with Crippen molar-refractivity contribution in [3.63, 3.8) is 0 Å². The second kappa shape index (κ2) is 12.6. The molecular formula is C34H40N6O2. The molecule has 1 aliphatic heterocycles. The normalized spacial score (nSPS) is 14.0. The molecule has 3 heterocycles. The Morgan fingerprint density at radius 3 is 2.38 bits per heavy atom. The minimum Gasteiger partial charge on any atom is -0.342 e. The van der Waals surface area contributed by atoms with Crippen molar-refractivity contribution in [2.24, 2.45) is 5.92 Å². The average Bonchev–Trinajstić information content (AvgIpc) is 3.40. The molecule has 2 aromatic heterocycles. The second-order valence-electron chi connectivity index (χ2n) is 12.2. The fourth-order valence-corrected chi connectivity index (χ4v) is 5.30. The number of aromatic nitrogens is 3. The lowest BCUT2D eigenvalue weighted by Crippen LogP contribution is -2.39. The molecule has 218 valence electrons. The number of rotatable bonds is 7. The van der Waals surface area contributed by atoms with Gasteiger partial charge in [-0.3, -0.25) is 15.1 Å². The first-order chi connectivity index (χ1) is 20.2. The van der Waals surface area contributed by atoms with Crippen LogP contribution in [0.2, 0.25) is 0 Å². The zero-order chi connectivity index (χ0) is 29.7. The Morgan fingerprint density at radius 2 is 1.69 bits per heavy atom. The summed E-state index contributed by atoms with van der Waals surface area (Å²) >= 11 is 0. The lowest BCUT2D eigenvalue weighted by molar-refractivity contribution is -0.131. The number of urea groups is 1. The number of benzene rings is 2. The second-order valence-corrected chi connectivity index (χ2v) is 12.2. The SMILES string of the molecule is Cc1ccc(-n2nc(C(C)(C)C)cc2NC(=O)Nc2ccccc2CC2CCN(C(=O)Cc3cccnc3)CC2)cc1. The van der Waals surface area contributed by atoms with Crippen LogP contribution in [0, 0.1) is 12.8 Å². The summed E-state index contributed by atoms with van der Waals surface area (Å²) in [7, 11) is 0. The van der Waals surface area contributed by atoms with Gasteiger partial charge in [-0.1, -0.05) is 62.7 Å². The smallest absolute Gasteiger partial charge is 0.324 e. The molecule has 4 aromatic rings. The lowest BCUT2D eigenvalue weighted by Gasteiger charge is -2.32. The van der Waals surface area contributed by atoms with Crippen LogP contribution in [-0.2, 0) is 23.1 Å². The number of amides is 3. The van der Waals surface area contributed by atoms with Gasteiger partial charge in [0.1, 0.15) is 5.82 Å². The summed E-state index contributed by atoms with van der Waals surface area (Å²) < 4.78 is 1.79. The summed E-state index contributed by atoms with van der Waals surface area (Å²) in [6.45, 7) is 9.87. The number of para-hydroxylation sites is 1. The highest BCUT2D eigenvalue weighted by atomic mass is 16.2. The molecule has 8 nitrogen and oxygen atoms in total. The third-order valence-electron chi connectivity index (χ3n) is 7.82. The molecule has 0 aliphatic carbocycles. The lowest BCUT2D eigenvalue weighted by atomic mass is 9.89. The molecule has 0 bridgehead atoms. The Balaban J connectivity index is 1.22. The fourth-order valence-electron chi connectivity index (χ4n) is 5.30. The summed E-state index contributed by atoms with van der Waals surface area (Å²) in [6, 6.07) is 21.5. The van der Waals surface area contributed by atoms with Crippen molar-refractivity contribution in [3.8, 4) is 5.69 Å². The van der Waals surface area contributed by atoms with Crippen molar-refractivity contribution < 1.29 is 9.59 Å². The molecule has 5 rings (SSSR count). The third kappa shape index (κ3) is 7.24. The minimum atomic E-state index is -0.313. The summed E-state index contributed by atoms with van der Waals surface area (Å²) in [4.78, 5) is 32.1. The van der Waals surface area contributed by atoms with Crippen LogP contribution < -0.4 is 10.6 Å². The summed E-state index contributed by atoms with van der Waals surface area (Å²) in [6.07, 6.45) is 6.58. The molecular weight excluding hydrogens is 524 g/mol. The zero-order valence-corrected chi connectivity index (χ0v) is 24.9. The van der Waals surface area contributed by atoms with E-state index in [9.17, 15) is 9.59 Å². The predicted octanol–water partition coefficient (Wildman–Crippen LogP) is 6.54. The first kappa shape index (κ1) is 29.0. The molecule has 0 unspecified atom stereocenters. The number of nitrogens with zero attached hydrogens (tertiary/aromatic N) is 4. The quantitative estimate of drug-likeness (QED) is 0.267. The number of pyridine rings is 1. The van der Waals surface area contributed by atoms with Gasteiger partial charge in [0, 0.05) is 42.7 Å². The van der Waals surface area contributed by atoms with Crippen LogP contribution >= 0.6 is 0 Å². The number of nitrogens with one attached hydrogen (secondary N) is 2. The highest BCUT2D eigenvalue weighted by Crippen LogP contribution is 2.28. The number of hydrogen-bond acceptors (Lipinski definition) is 4. The third-order valence-corrected chi connectivity index (χ3v) is 7.82. The van der Waals surface area contributed by atoms with Gasteiger partial charge in [0.15, 0.2) is 0 Å². The first-order valence-electron chi connectivity index (χ1n) is 14.7. The summed E-state index contributed by atoms with van der Waals surface area (Å²) in [5.74, 6) is 1.21. The molecule has 3 amide bonds. The van der Waals surface area contributed by atoms with E-state index in [0.29, 0.717) is 18.2 Å². The van der Waals surface area contributed by atoms with E-state index in [0.717, 1.165) is 66.1 Å². The van der Waals surface area contributed by atoms with Crippen molar-refractivity contribution >= 4 is 23.4 Å². The van der Waals surface area contributed by atoms with Crippen LogP contribution in [0.25, 0.3) is 5.69 Å². The Morgan fingerprint density at radius 1 is 0.952 bits per heavy atom. The van der Waals surface area contributed by atoms with E-state index in [1.807, 2.05) is 72.5 Å². The summed E-state index contributed by atoms with van der Waals surface area (Å²) in [5, 5.41) is 10.9. The van der Waals surface area contributed by atoms with E-state index < -0.39 is 0 Å². The van der Waals surface area contributed by atoms with Gasteiger partial charge in [0.25, 0.3) is 0 Å². The van der Waals surface area contributed by atoms with Gasteiger partial charge in [-0.15, -0.1) is 0 Å². The van der Waals surface area contributed by atoms with Crippen molar-refractivity contribution in [1.82, 2.24) is 19.7 Å². The highest BCUT2D eigenvalue weighted by molar-refractivity contribution is 6.00. The van der Waals surface area contributed by atoms with Crippen LogP contribution in [-0.4, -0.2) is 44.7 Å². The molecule has 0 saturated carbocycles. The van der Waals surface area contributed by atoms with E-state index in [-0.39, 0.29) is 17.4 Å². The van der Waals surface area contributed by atoms with Gasteiger partial charge in [0.05, 0.1) is 17.8 Å². The zero-order valence-electron chi connectivity index (χ0n) is 24.9. The van der Waals surface area contributed by atoms with E-state index in [1.165, 1.54) is 0 Å². The molecule has 8 heteroatoms. The Hall–Kier alpha value is -4.46. The van der Waals surface area contributed by atoms with E-state index in [1.54, 1.807) is 17.1 Å². The molecule has 1 saturated heterocycles. The fraction of sp³-hybridized carbons (Fsp3) is 0.353. The standard InChI is InChI=1S/C34H40N6O2/c1-24-11-13-28(14-12-24)40-31(22-30(38-40)34(2,3)4)37-33(42)36-29-10-6-5-9-27(29)20-25-15-18-39(19-16-25)32(41)21-26-8-7-17-35-23-26/h5-14,17,22-23,25H,15-16,18-21H2,1-4H3,(H2,36,37,42). The minimum absolute atomic E-state index is 0.152. The molecule has 1 aliphatic rings. The number of piperidine rings is 1. The number of carbonyl (C=O) groups is 2.